The van der Waals surface area contributed by atoms with E-state index in [0.29, 0.717) is 41.2 Å². The zero-order chi connectivity index (χ0) is 23.1. The van der Waals surface area contributed by atoms with Crippen LogP contribution in [0.4, 0.5) is 11.4 Å². The lowest BCUT2D eigenvalue weighted by molar-refractivity contribution is 0.0772. The molecule has 0 bridgehead atoms. The molecule has 3 aromatic rings. The van der Waals surface area contributed by atoms with Gasteiger partial charge in [-0.3, -0.25) is 19.4 Å². The van der Waals surface area contributed by atoms with E-state index < -0.39 is 0 Å². The zero-order valence-corrected chi connectivity index (χ0v) is 18.4. The first-order valence-electron chi connectivity index (χ1n) is 10.5. The number of hydrogen-bond acceptors (Lipinski definition) is 4. The fraction of sp³-hybridized carbons (Fsp3) is 0.200. The largest absolute Gasteiger partial charge is 0.339 e. The summed E-state index contributed by atoms with van der Waals surface area (Å²) in [5.74, 6) is -0.732. The predicted molar refractivity (Wildman–Crippen MR) is 125 cm³/mol. The molecule has 32 heavy (non-hydrogen) atoms. The number of nitrogens with one attached hydrogen (secondary N) is 2. The number of para-hydroxylation sites is 1. The minimum atomic E-state index is -0.360. The van der Waals surface area contributed by atoms with E-state index in [1.165, 1.54) is 12.4 Å². The molecule has 2 N–H and O–H groups in total. The van der Waals surface area contributed by atoms with Gasteiger partial charge in [-0.1, -0.05) is 12.1 Å². The molecule has 3 amide bonds. The molecule has 0 fully saturated rings. The van der Waals surface area contributed by atoms with Crippen LogP contribution in [0.3, 0.4) is 0 Å². The van der Waals surface area contributed by atoms with Gasteiger partial charge in [-0.05, 0) is 68.8 Å². The lowest BCUT2D eigenvalue weighted by Crippen LogP contribution is -2.30. The first kappa shape index (κ1) is 22.7. The normalized spacial score (nSPS) is 10.3. The molecule has 0 saturated heterocycles. The van der Waals surface area contributed by atoms with Gasteiger partial charge in [0.05, 0.1) is 11.3 Å². The van der Waals surface area contributed by atoms with Crippen LogP contribution in [0.15, 0.2) is 67.0 Å². The minimum Gasteiger partial charge on any atom is -0.339 e. The Morgan fingerprint density at radius 1 is 0.812 bits per heavy atom. The highest BCUT2D eigenvalue weighted by Gasteiger charge is 2.17. The van der Waals surface area contributed by atoms with Gasteiger partial charge in [0.1, 0.15) is 0 Å². The molecule has 0 radical (unpaired) electrons. The molecule has 0 unspecified atom stereocenters. The standard InChI is InChI=1S/C25H26N4O3/c1-4-29(5-2)25(32)19-9-11-20(12-10-19)27-24(31)21-8-6-7-17(3)22(21)28-23(30)18-13-15-26-16-14-18/h6-16H,4-5H2,1-3H3,(H,27,31)(H,28,30). The number of benzene rings is 2. The van der Waals surface area contributed by atoms with Crippen molar-refractivity contribution < 1.29 is 14.4 Å². The highest BCUT2D eigenvalue weighted by atomic mass is 16.2. The van der Waals surface area contributed by atoms with Gasteiger partial charge >= 0.3 is 0 Å². The first-order valence-corrected chi connectivity index (χ1v) is 10.5. The van der Waals surface area contributed by atoms with Crippen molar-refractivity contribution in [1.82, 2.24) is 9.88 Å². The maximum absolute atomic E-state index is 13.0. The topological polar surface area (TPSA) is 91.4 Å². The van der Waals surface area contributed by atoms with E-state index in [1.807, 2.05) is 26.8 Å². The van der Waals surface area contributed by atoms with E-state index >= 15 is 0 Å². The monoisotopic (exact) mass is 430 g/mol. The number of nitrogens with zero attached hydrogens (tertiary/aromatic N) is 2. The van der Waals surface area contributed by atoms with E-state index in [2.05, 4.69) is 15.6 Å². The summed E-state index contributed by atoms with van der Waals surface area (Å²) in [6, 6.07) is 15.2. The molecule has 2 aromatic carbocycles. The third-order valence-electron chi connectivity index (χ3n) is 5.14. The Bertz CT molecular complexity index is 1110. The second-order valence-electron chi connectivity index (χ2n) is 7.20. The number of aryl methyl sites for hydroxylation is 1. The number of carbonyl (C=O) groups is 3. The number of amides is 3. The van der Waals surface area contributed by atoms with Crippen molar-refractivity contribution in [3.05, 3.63) is 89.2 Å². The Morgan fingerprint density at radius 2 is 1.47 bits per heavy atom. The van der Waals surface area contributed by atoms with Crippen LogP contribution < -0.4 is 10.6 Å². The summed E-state index contributed by atoms with van der Waals surface area (Å²) < 4.78 is 0. The third kappa shape index (κ3) is 5.18. The van der Waals surface area contributed by atoms with Crippen LogP contribution >= 0.6 is 0 Å². The van der Waals surface area contributed by atoms with Crippen LogP contribution in [0.1, 0.15) is 50.5 Å². The smallest absolute Gasteiger partial charge is 0.257 e. The molecule has 164 valence electrons. The first-order chi connectivity index (χ1) is 15.4. The van der Waals surface area contributed by atoms with Crippen LogP contribution in [-0.4, -0.2) is 40.7 Å². The summed E-state index contributed by atoms with van der Waals surface area (Å²) in [5.41, 5.74) is 3.12. The number of rotatable bonds is 7. The van der Waals surface area contributed by atoms with Gasteiger partial charge < -0.3 is 15.5 Å². The van der Waals surface area contributed by atoms with Crippen molar-refractivity contribution in [1.29, 1.82) is 0 Å². The van der Waals surface area contributed by atoms with Crippen LogP contribution in [0.5, 0.6) is 0 Å². The van der Waals surface area contributed by atoms with Crippen molar-refractivity contribution in [3.8, 4) is 0 Å². The summed E-state index contributed by atoms with van der Waals surface area (Å²) in [7, 11) is 0. The molecule has 3 rings (SSSR count). The fourth-order valence-corrected chi connectivity index (χ4v) is 3.30. The minimum absolute atomic E-state index is 0.0485. The zero-order valence-electron chi connectivity index (χ0n) is 18.4. The highest BCUT2D eigenvalue weighted by molar-refractivity contribution is 6.13. The third-order valence-corrected chi connectivity index (χ3v) is 5.14. The van der Waals surface area contributed by atoms with Gasteiger partial charge in [0.25, 0.3) is 17.7 Å². The lowest BCUT2D eigenvalue weighted by atomic mass is 10.1. The van der Waals surface area contributed by atoms with Gasteiger partial charge in [0.15, 0.2) is 0 Å². The average molecular weight is 431 g/mol. The molecule has 7 nitrogen and oxygen atoms in total. The SMILES string of the molecule is CCN(CC)C(=O)c1ccc(NC(=O)c2cccc(C)c2NC(=O)c2ccncc2)cc1. The molecular formula is C25H26N4O3. The molecule has 7 heteroatoms. The molecule has 1 aromatic heterocycles. The van der Waals surface area contributed by atoms with Crippen LogP contribution in [-0.2, 0) is 0 Å². The quantitative estimate of drug-likeness (QED) is 0.582. The highest BCUT2D eigenvalue weighted by Crippen LogP contribution is 2.23. The summed E-state index contributed by atoms with van der Waals surface area (Å²) in [4.78, 5) is 43.7. The molecular weight excluding hydrogens is 404 g/mol. The average Bonchev–Trinajstić information content (AvgIpc) is 2.82. The van der Waals surface area contributed by atoms with Crippen molar-refractivity contribution in [2.24, 2.45) is 0 Å². The molecule has 0 aliphatic rings. The maximum Gasteiger partial charge on any atom is 0.257 e. The molecule has 1 heterocycles. The Morgan fingerprint density at radius 3 is 2.09 bits per heavy atom. The lowest BCUT2D eigenvalue weighted by Gasteiger charge is -2.18. The Balaban J connectivity index is 1.78. The Kier molecular flexibility index (Phi) is 7.33. The van der Waals surface area contributed by atoms with Gasteiger partial charge in [0, 0.05) is 42.3 Å². The van der Waals surface area contributed by atoms with Crippen molar-refractivity contribution in [2.75, 3.05) is 23.7 Å². The predicted octanol–water partition coefficient (Wildman–Crippen LogP) is 4.38. The molecule has 0 aliphatic heterocycles. The van der Waals surface area contributed by atoms with E-state index in [0.717, 1.165) is 5.56 Å². The van der Waals surface area contributed by atoms with Crippen molar-refractivity contribution in [2.45, 2.75) is 20.8 Å². The maximum atomic E-state index is 13.0. The van der Waals surface area contributed by atoms with Gasteiger partial charge in [-0.25, -0.2) is 0 Å². The molecule has 0 spiro atoms. The van der Waals surface area contributed by atoms with Gasteiger partial charge in [0.2, 0.25) is 0 Å². The number of carbonyl (C=O) groups excluding carboxylic acids is 3. The van der Waals surface area contributed by atoms with E-state index in [1.54, 1.807) is 53.4 Å². The molecule has 0 saturated carbocycles. The summed E-state index contributed by atoms with van der Waals surface area (Å²) in [5, 5.41) is 5.67. The summed E-state index contributed by atoms with van der Waals surface area (Å²) >= 11 is 0. The second kappa shape index (κ2) is 10.3. The number of aromatic nitrogens is 1. The fourth-order valence-electron chi connectivity index (χ4n) is 3.30. The number of anilines is 2. The van der Waals surface area contributed by atoms with Crippen LogP contribution in [0.2, 0.25) is 0 Å². The Hall–Kier alpha value is -4.00. The second-order valence-corrected chi connectivity index (χ2v) is 7.20. The van der Waals surface area contributed by atoms with Crippen LogP contribution in [0.25, 0.3) is 0 Å². The summed E-state index contributed by atoms with van der Waals surface area (Å²) in [6.45, 7) is 6.96. The van der Waals surface area contributed by atoms with Crippen molar-refractivity contribution >= 4 is 29.1 Å². The van der Waals surface area contributed by atoms with Gasteiger partial charge in [-0.15, -0.1) is 0 Å². The number of hydrogen-bond donors (Lipinski definition) is 2. The summed E-state index contributed by atoms with van der Waals surface area (Å²) in [6.07, 6.45) is 3.07. The van der Waals surface area contributed by atoms with E-state index in [-0.39, 0.29) is 17.7 Å². The molecule has 0 atom stereocenters. The molecule has 0 aliphatic carbocycles. The van der Waals surface area contributed by atoms with E-state index in [9.17, 15) is 14.4 Å². The number of pyridine rings is 1. The van der Waals surface area contributed by atoms with Gasteiger partial charge in [-0.2, -0.15) is 0 Å². The van der Waals surface area contributed by atoms with E-state index in [4.69, 9.17) is 0 Å². The Labute approximate surface area is 187 Å². The van der Waals surface area contributed by atoms with Crippen molar-refractivity contribution in [3.63, 3.8) is 0 Å². The van der Waals surface area contributed by atoms with Crippen LogP contribution in [0, 0.1) is 6.92 Å².